The van der Waals surface area contributed by atoms with Gasteiger partial charge in [0.25, 0.3) is 5.91 Å². The van der Waals surface area contributed by atoms with E-state index in [2.05, 4.69) is 0 Å². The summed E-state index contributed by atoms with van der Waals surface area (Å²) in [4.78, 5) is 14.5. The van der Waals surface area contributed by atoms with Gasteiger partial charge in [-0.05, 0) is 24.3 Å². The molecule has 1 fully saturated rings. The van der Waals surface area contributed by atoms with Crippen molar-refractivity contribution >= 4 is 29.1 Å². The van der Waals surface area contributed by atoms with E-state index in [1.165, 1.54) is 7.11 Å². The molecule has 6 heteroatoms. The van der Waals surface area contributed by atoms with E-state index in [0.717, 1.165) is 18.6 Å². The second-order valence-corrected chi connectivity index (χ2v) is 6.71. The van der Waals surface area contributed by atoms with Crippen LogP contribution in [0.25, 0.3) is 0 Å². The Morgan fingerprint density at radius 3 is 2.24 bits per heavy atom. The number of benzene rings is 2. The highest BCUT2D eigenvalue weighted by atomic mass is 35.5. The quantitative estimate of drug-likeness (QED) is 0.773. The van der Waals surface area contributed by atoms with Crippen LogP contribution in [-0.4, -0.2) is 37.1 Å². The Balaban J connectivity index is 1.62. The Bertz CT molecular complexity index is 721. The molecule has 1 heterocycles. The summed E-state index contributed by atoms with van der Waals surface area (Å²) in [5, 5.41) is 0.668. The van der Waals surface area contributed by atoms with Crippen LogP contribution < -0.4 is 9.47 Å². The molecule has 1 saturated heterocycles. The van der Waals surface area contributed by atoms with E-state index in [9.17, 15) is 4.79 Å². The molecule has 2 aromatic rings. The SMILES string of the molecule is COc1c(Cl)cc(C(=O)N2CCC(Oc3ccccc3)CC2)cc1Cl. The van der Waals surface area contributed by atoms with Crippen LogP contribution in [0.4, 0.5) is 0 Å². The molecular formula is C19H19Cl2NO3. The molecule has 25 heavy (non-hydrogen) atoms. The van der Waals surface area contributed by atoms with Crippen LogP contribution in [0.5, 0.6) is 11.5 Å². The van der Waals surface area contributed by atoms with Gasteiger partial charge in [0.1, 0.15) is 11.9 Å². The number of ether oxygens (including phenoxy) is 2. The largest absolute Gasteiger partial charge is 0.494 e. The van der Waals surface area contributed by atoms with Gasteiger partial charge < -0.3 is 14.4 Å². The number of amides is 1. The monoisotopic (exact) mass is 379 g/mol. The van der Waals surface area contributed by atoms with Crippen molar-refractivity contribution in [1.82, 2.24) is 4.90 Å². The van der Waals surface area contributed by atoms with Crippen molar-refractivity contribution in [2.24, 2.45) is 0 Å². The molecule has 0 aliphatic carbocycles. The third-order valence-corrected chi connectivity index (χ3v) is 4.79. The molecule has 0 aromatic heterocycles. The minimum Gasteiger partial charge on any atom is -0.494 e. The summed E-state index contributed by atoms with van der Waals surface area (Å²) in [6.07, 6.45) is 1.70. The van der Waals surface area contributed by atoms with Crippen molar-refractivity contribution in [3.63, 3.8) is 0 Å². The second kappa shape index (κ2) is 7.98. The molecule has 0 spiro atoms. The van der Waals surface area contributed by atoms with Gasteiger partial charge in [-0.3, -0.25) is 4.79 Å². The summed E-state index contributed by atoms with van der Waals surface area (Å²) < 4.78 is 11.1. The van der Waals surface area contributed by atoms with Gasteiger partial charge in [-0.2, -0.15) is 0 Å². The maximum atomic E-state index is 12.7. The van der Waals surface area contributed by atoms with Gasteiger partial charge in [0, 0.05) is 31.5 Å². The van der Waals surface area contributed by atoms with E-state index >= 15 is 0 Å². The van der Waals surface area contributed by atoms with Gasteiger partial charge in [0.15, 0.2) is 5.75 Å². The first kappa shape index (κ1) is 17.9. The first-order valence-corrected chi connectivity index (χ1v) is 8.88. The maximum Gasteiger partial charge on any atom is 0.253 e. The van der Waals surface area contributed by atoms with E-state index < -0.39 is 0 Å². The molecule has 0 radical (unpaired) electrons. The van der Waals surface area contributed by atoms with Crippen molar-refractivity contribution in [2.75, 3.05) is 20.2 Å². The van der Waals surface area contributed by atoms with Gasteiger partial charge in [0.2, 0.25) is 0 Å². The Morgan fingerprint density at radius 2 is 1.68 bits per heavy atom. The number of nitrogens with zero attached hydrogens (tertiary/aromatic N) is 1. The van der Waals surface area contributed by atoms with Gasteiger partial charge in [-0.15, -0.1) is 0 Å². The summed E-state index contributed by atoms with van der Waals surface area (Å²) in [5.41, 5.74) is 0.471. The summed E-state index contributed by atoms with van der Waals surface area (Å²) >= 11 is 12.3. The highest BCUT2D eigenvalue weighted by molar-refractivity contribution is 6.37. The Labute approximate surface area is 157 Å². The highest BCUT2D eigenvalue weighted by Crippen LogP contribution is 2.34. The molecule has 0 N–H and O–H groups in total. The number of hydrogen-bond donors (Lipinski definition) is 0. The minimum atomic E-state index is -0.0791. The number of carbonyl (C=O) groups excluding carboxylic acids is 1. The molecule has 0 unspecified atom stereocenters. The first-order chi connectivity index (χ1) is 12.1. The topological polar surface area (TPSA) is 38.8 Å². The first-order valence-electron chi connectivity index (χ1n) is 8.12. The lowest BCUT2D eigenvalue weighted by molar-refractivity contribution is 0.0595. The fourth-order valence-corrected chi connectivity index (χ4v) is 3.57. The van der Waals surface area contributed by atoms with Gasteiger partial charge >= 0.3 is 0 Å². The van der Waals surface area contributed by atoms with E-state index in [4.69, 9.17) is 32.7 Å². The van der Waals surface area contributed by atoms with Crippen LogP contribution in [0.1, 0.15) is 23.2 Å². The molecule has 3 rings (SSSR count). The van der Waals surface area contributed by atoms with Crippen LogP contribution >= 0.6 is 23.2 Å². The summed E-state index contributed by atoms with van der Waals surface area (Å²) in [6, 6.07) is 12.9. The number of halogens is 2. The fourth-order valence-electron chi connectivity index (χ4n) is 2.93. The molecule has 4 nitrogen and oxygen atoms in total. The summed E-state index contributed by atoms with van der Waals surface area (Å²) in [6.45, 7) is 1.27. The van der Waals surface area contributed by atoms with E-state index in [-0.39, 0.29) is 12.0 Å². The normalized spacial score (nSPS) is 15.1. The molecule has 0 bridgehead atoms. The number of piperidine rings is 1. The van der Waals surface area contributed by atoms with Crippen molar-refractivity contribution in [1.29, 1.82) is 0 Å². The van der Waals surface area contributed by atoms with Crippen LogP contribution in [0, 0.1) is 0 Å². The molecule has 2 aromatic carbocycles. The fraction of sp³-hybridized carbons (Fsp3) is 0.316. The zero-order valence-corrected chi connectivity index (χ0v) is 15.4. The van der Waals surface area contributed by atoms with E-state index in [1.807, 2.05) is 30.3 Å². The van der Waals surface area contributed by atoms with E-state index in [1.54, 1.807) is 17.0 Å². The van der Waals surface area contributed by atoms with Crippen molar-refractivity contribution in [2.45, 2.75) is 18.9 Å². The number of methoxy groups -OCH3 is 1. The maximum absolute atomic E-state index is 12.7. The van der Waals surface area contributed by atoms with Crippen LogP contribution in [0.15, 0.2) is 42.5 Å². The van der Waals surface area contributed by atoms with Gasteiger partial charge in [-0.25, -0.2) is 0 Å². The van der Waals surface area contributed by atoms with Crippen molar-refractivity contribution in [3.8, 4) is 11.5 Å². The Hall–Kier alpha value is -1.91. The lowest BCUT2D eigenvalue weighted by Crippen LogP contribution is -2.41. The third-order valence-electron chi connectivity index (χ3n) is 4.22. The lowest BCUT2D eigenvalue weighted by Gasteiger charge is -2.32. The number of hydrogen-bond acceptors (Lipinski definition) is 3. The van der Waals surface area contributed by atoms with Crippen LogP contribution in [0.3, 0.4) is 0 Å². The number of carbonyl (C=O) groups is 1. The van der Waals surface area contributed by atoms with Crippen molar-refractivity contribution < 1.29 is 14.3 Å². The minimum absolute atomic E-state index is 0.0791. The average molecular weight is 380 g/mol. The number of rotatable bonds is 4. The molecule has 0 saturated carbocycles. The van der Waals surface area contributed by atoms with Crippen molar-refractivity contribution in [3.05, 3.63) is 58.1 Å². The smallest absolute Gasteiger partial charge is 0.253 e. The molecule has 1 aliphatic heterocycles. The molecule has 0 atom stereocenters. The zero-order valence-electron chi connectivity index (χ0n) is 13.9. The third kappa shape index (κ3) is 4.20. The number of para-hydroxylation sites is 1. The molecular weight excluding hydrogens is 361 g/mol. The Morgan fingerprint density at radius 1 is 1.08 bits per heavy atom. The molecule has 1 amide bonds. The predicted molar refractivity (Wildman–Crippen MR) is 99.0 cm³/mol. The lowest BCUT2D eigenvalue weighted by atomic mass is 10.1. The molecule has 1 aliphatic rings. The predicted octanol–water partition coefficient (Wildman–Crippen LogP) is 4.69. The number of likely N-dealkylation sites (tertiary alicyclic amines) is 1. The zero-order chi connectivity index (χ0) is 17.8. The average Bonchev–Trinajstić information content (AvgIpc) is 2.62. The summed E-state index contributed by atoms with van der Waals surface area (Å²) in [7, 11) is 1.49. The van der Waals surface area contributed by atoms with Crippen LogP contribution in [-0.2, 0) is 0 Å². The van der Waals surface area contributed by atoms with Gasteiger partial charge in [0.05, 0.1) is 17.2 Å². The highest BCUT2D eigenvalue weighted by Gasteiger charge is 2.25. The Kier molecular flexibility index (Phi) is 5.71. The standard InChI is InChI=1S/C19H19Cl2NO3/c1-24-18-16(20)11-13(12-17(18)21)19(23)22-9-7-15(8-10-22)25-14-5-3-2-4-6-14/h2-6,11-12,15H,7-10H2,1H3. The second-order valence-electron chi connectivity index (χ2n) is 5.90. The van der Waals surface area contributed by atoms with Gasteiger partial charge in [-0.1, -0.05) is 41.4 Å². The van der Waals surface area contributed by atoms with Crippen LogP contribution in [0.2, 0.25) is 10.0 Å². The molecule has 132 valence electrons. The van der Waals surface area contributed by atoms with E-state index in [0.29, 0.717) is 34.4 Å². The summed E-state index contributed by atoms with van der Waals surface area (Å²) in [5.74, 6) is 1.17.